The van der Waals surface area contributed by atoms with Gasteiger partial charge >= 0.3 is 12.3 Å². The van der Waals surface area contributed by atoms with Crippen molar-refractivity contribution in [3.63, 3.8) is 0 Å². The first kappa shape index (κ1) is 18.5. The molecule has 0 bridgehead atoms. The molecule has 10 heteroatoms. The van der Waals surface area contributed by atoms with Crippen LogP contribution < -0.4 is 9.47 Å². The van der Waals surface area contributed by atoms with Gasteiger partial charge in [-0.05, 0) is 25.1 Å². The van der Waals surface area contributed by atoms with Gasteiger partial charge in [0.25, 0.3) is 0 Å². The van der Waals surface area contributed by atoms with Crippen LogP contribution >= 0.6 is 0 Å². The highest BCUT2D eigenvalue weighted by atomic mass is 19.4. The molecule has 0 spiro atoms. The molecule has 0 saturated carbocycles. The van der Waals surface area contributed by atoms with E-state index in [-0.39, 0.29) is 12.3 Å². The van der Waals surface area contributed by atoms with Crippen LogP contribution in [-0.2, 0) is 4.74 Å². The number of esters is 1. The maximum atomic E-state index is 12.9. The van der Waals surface area contributed by atoms with Crippen molar-refractivity contribution in [3.8, 4) is 17.4 Å². The lowest BCUT2D eigenvalue weighted by Gasteiger charge is -2.14. The predicted molar refractivity (Wildman–Crippen MR) is 88.1 cm³/mol. The minimum Gasteiger partial charge on any atom is -0.481 e. The fourth-order valence-corrected chi connectivity index (χ4v) is 2.58. The topological polar surface area (TPSA) is 75.5 Å². The fraction of sp³-hybridized carbons (Fsp3) is 0.235. The zero-order chi connectivity index (χ0) is 19.6. The van der Waals surface area contributed by atoms with E-state index in [0.717, 1.165) is 10.9 Å². The van der Waals surface area contributed by atoms with Crippen LogP contribution in [0, 0.1) is 0 Å². The van der Waals surface area contributed by atoms with Gasteiger partial charge in [0.05, 0.1) is 25.6 Å². The smallest absolute Gasteiger partial charge is 0.481 e. The van der Waals surface area contributed by atoms with Crippen LogP contribution in [0.15, 0.2) is 36.7 Å². The number of carbonyl (C=O) groups excluding carboxylic acids is 1. The number of halogens is 3. The van der Waals surface area contributed by atoms with Crippen molar-refractivity contribution in [1.29, 1.82) is 0 Å². The molecule has 27 heavy (non-hydrogen) atoms. The number of aromatic nitrogens is 3. The fourth-order valence-electron chi connectivity index (χ4n) is 2.58. The van der Waals surface area contributed by atoms with Crippen LogP contribution in [0.3, 0.4) is 0 Å². The van der Waals surface area contributed by atoms with Gasteiger partial charge in [-0.25, -0.2) is 9.78 Å². The van der Waals surface area contributed by atoms with Crippen LogP contribution in [-0.4, -0.2) is 40.8 Å². The molecular weight excluding hydrogens is 367 g/mol. The first-order valence-corrected chi connectivity index (χ1v) is 7.78. The predicted octanol–water partition coefficient (Wildman–Crippen LogP) is 3.50. The number of fused-ring (bicyclic) bond motifs is 1. The Kier molecular flexibility index (Phi) is 4.89. The van der Waals surface area contributed by atoms with Crippen LogP contribution in [0.1, 0.15) is 17.3 Å². The van der Waals surface area contributed by atoms with E-state index in [4.69, 9.17) is 9.47 Å². The van der Waals surface area contributed by atoms with Gasteiger partial charge in [0, 0.05) is 17.0 Å². The summed E-state index contributed by atoms with van der Waals surface area (Å²) in [5.41, 5.74) is -0.185. The molecule has 0 atom stereocenters. The number of methoxy groups -OCH3 is 1. The van der Waals surface area contributed by atoms with E-state index in [1.54, 1.807) is 18.2 Å². The van der Waals surface area contributed by atoms with Gasteiger partial charge in [0.15, 0.2) is 0 Å². The maximum Gasteiger partial charge on any atom is 0.574 e. The molecule has 0 saturated heterocycles. The normalized spacial score (nSPS) is 11.4. The zero-order valence-electron chi connectivity index (χ0n) is 14.3. The van der Waals surface area contributed by atoms with E-state index in [1.165, 1.54) is 26.3 Å². The van der Waals surface area contributed by atoms with Gasteiger partial charge in [0.2, 0.25) is 11.8 Å². The number of carbonyl (C=O) groups is 1. The zero-order valence-corrected chi connectivity index (χ0v) is 14.3. The van der Waals surface area contributed by atoms with Crippen molar-refractivity contribution in [2.75, 3.05) is 13.7 Å². The Morgan fingerprint density at radius 1 is 1.22 bits per heavy atom. The van der Waals surface area contributed by atoms with E-state index >= 15 is 0 Å². The summed E-state index contributed by atoms with van der Waals surface area (Å²) >= 11 is 0. The van der Waals surface area contributed by atoms with Crippen molar-refractivity contribution in [3.05, 3.63) is 42.2 Å². The number of alkyl halides is 3. The monoisotopic (exact) mass is 381 g/mol. The molecule has 0 unspecified atom stereocenters. The van der Waals surface area contributed by atoms with Gasteiger partial charge in [-0.15, -0.1) is 13.2 Å². The molecule has 0 amide bonds. The van der Waals surface area contributed by atoms with E-state index in [1.807, 2.05) is 0 Å². The molecule has 3 aromatic rings. The van der Waals surface area contributed by atoms with Crippen LogP contribution in [0.4, 0.5) is 13.2 Å². The Hall–Kier alpha value is -3.30. The van der Waals surface area contributed by atoms with Gasteiger partial charge in [-0.1, -0.05) is 6.07 Å². The lowest BCUT2D eigenvalue weighted by molar-refractivity contribution is -0.276. The first-order valence-electron chi connectivity index (χ1n) is 7.78. The van der Waals surface area contributed by atoms with E-state index in [0.29, 0.717) is 16.7 Å². The summed E-state index contributed by atoms with van der Waals surface area (Å²) < 4.78 is 53.7. The Morgan fingerprint density at radius 2 is 2.00 bits per heavy atom. The van der Waals surface area contributed by atoms with E-state index in [9.17, 15) is 18.0 Å². The Bertz CT molecular complexity index is 985. The molecule has 7 nitrogen and oxygen atoms in total. The molecule has 3 rings (SSSR count). The highest BCUT2D eigenvalue weighted by molar-refractivity contribution is 5.95. The number of hydrogen-bond donors (Lipinski definition) is 0. The molecule has 2 aromatic heterocycles. The molecule has 2 heterocycles. The molecular formula is C17H14F3N3O4. The van der Waals surface area contributed by atoms with Crippen molar-refractivity contribution in [1.82, 2.24) is 14.8 Å². The second kappa shape index (κ2) is 7.14. The van der Waals surface area contributed by atoms with Crippen molar-refractivity contribution >= 4 is 16.7 Å². The molecule has 142 valence electrons. The summed E-state index contributed by atoms with van der Waals surface area (Å²) in [5.74, 6) is -1.46. The molecule has 1 aromatic carbocycles. The highest BCUT2D eigenvalue weighted by Crippen LogP contribution is 2.33. The SMILES string of the molecule is CCOC(=O)c1cnn(-c2cccc3c(OC)nccc23)c1OC(F)(F)F. The first-order chi connectivity index (χ1) is 12.9. The second-order valence-electron chi connectivity index (χ2n) is 5.24. The summed E-state index contributed by atoms with van der Waals surface area (Å²) in [4.78, 5) is 16.1. The summed E-state index contributed by atoms with van der Waals surface area (Å²) in [6.45, 7) is 1.53. The van der Waals surface area contributed by atoms with Crippen molar-refractivity contribution < 1.29 is 32.2 Å². The number of pyridine rings is 1. The lowest BCUT2D eigenvalue weighted by atomic mass is 10.1. The van der Waals surface area contributed by atoms with Crippen LogP contribution in [0.25, 0.3) is 16.5 Å². The minimum absolute atomic E-state index is 0.00733. The van der Waals surface area contributed by atoms with Crippen molar-refractivity contribution in [2.45, 2.75) is 13.3 Å². The maximum absolute atomic E-state index is 12.9. The standard InChI is InChI=1S/C17H14F3N3O4/c1-3-26-16(24)12-9-22-23(15(12)27-17(18,19)20)13-6-4-5-11-10(13)7-8-21-14(11)25-2/h4-9H,3H2,1-2H3. The largest absolute Gasteiger partial charge is 0.574 e. The van der Waals surface area contributed by atoms with Crippen molar-refractivity contribution in [2.24, 2.45) is 0 Å². The number of hydrogen-bond acceptors (Lipinski definition) is 6. The van der Waals surface area contributed by atoms with E-state index in [2.05, 4.69) is 14.8 Å². The lowest BCUT2D eigenvalue weighted by Crippen LogP contribution is -2.21. The number of ether oxygens (including phenoxy) is 3. The Labute approximate surface area is 151 Å². The average molecular weight is 381 g/mol. The van der Waals surface area contributed by atoms with Crippen LogP contribution in [0.5, 0.6) is 11.8 Å². The summed E-state index contributed by atoms with van der Waals surface area (Å²) in [6.07, 6.45) is -2.61. The third-order valence-electron chi connectivity index (χ3n) is 3.60. The summed E-state index contributed by atoms with van der Waals surface area (Å²) in [7, 11) is 1.43. The summed E-state index contributed by atoms with van der Waals surface area (Å²) in [5, 5.41) is 4.98. The molecule has 0 aliphatic carbocycles. The Balaban J connectivity index is 2.23. The molecule has 0 fully saturated rings. The van der Waals surface area contributed by atoms with Gasteiger partial charge in [-0.2, -0.15) is 9.78 Å². The molecule has 0 radical (unpaired) electrons. The minimum atomic E-state index is -5.02. The average Bonchev–Trinajstić information content (AvgIpc) is 3.02. The third kappa shape index (κ3) is 3.64. The molecule has 0 aliphatic heterocycles. The molecule has 0 N–H and O–H groups in total. The van der Waals surface area contributed by atoms with E-state index < -0.39 is 23.8 Å². The Morgan fingerprint density at radius 3 is 2.67 bits per heavy atom. The summed E-state index contributed by atoms with van der Waals surface area (Å²) in [6, 6.07) is 6.43. The van der Waals surface area contributed by atoms with Gasteiger partial charge in [0.1, 0.15) is 5.56 Å². The van der Waals surface area contributed by atoms with Gasteiger partial charge < -0.3 is 14.2 Å². The molecule has 0 aliphatic rings. The third-order valence-corrected chi connectivity index (χ3v) is 3.60. The van der Waals surface area contributed by atoms with Gasteiger partial charge in [-0.3, -0.25) is 0 Å². The number of rotatable bonds is 5. The quantitative estimate of drug-likeness (QED) is 0.630. The number of benzene rings is 1. The highest BCUT2D eigenvalue weighted by Gasteiger charge is 2.36. The van der Waals surface area contributed by atoms with Crippen LogP contribution in [0.2, 0.25) is 0 Å². The second-order valence-corrected chi connectivity index (χ2v) is 5.24. The number of nitrogens with zero attached hydrogens (tertiary/aromatic N) is 3.